The zero-order valence-corrected chi connectivity index (χ0v) is 11.3. The molecule has 0 aliphatic carbocycles. The Morgan fingerprint density at radius 2 is 1.70 bits per heavy atom. The second-order valence-corrected chi connectivity index (χ2v) is 4.78. The minimum absolute atomic E-state index is 0.0287. The number of anilines is 3. The van der Waals surface area contributed by atoms with E-state index in [1.54, 1.807) is 0 Å². The molecule has 2 aromatic rings. The Balaban J connectivity index is 2.42. The highest BCUT2D eigenvalue weighted by Crippen LogP contribution is 2.26. The average molecular weight is 273 g/mol. The van der Waals surface area contributed by atoms with E-state index < -0.39 is 11.7 Å². The summed E-state index contributed by atoms with van der Waals surface area (Å²) >= 11 is 0. The van der Waals surface area contributed by atoms with Crippen molar-refractivity contribution in [2.45, 2.75) is 13.8 Å². The lowest BCUT2D eigenvalue weighted by molar-refractivity contribution is 0.100. The maximum atomic E-state index is 13.9. The van der Waals surface area contributed by atoms with E-state index in [-0.39, 0.29) is 16.9 Å². The van der Waals surface area contributed by atoms with Crippen LogP contribution in [0, 0.1) is 19.7 Å². The summed E-state index contributed by atoms with van der Waals surface area (Å²) in [5, 5.41) is 2.94. The number of carbonyl (C=O) groups is 1. The van der Waals surface area contributed by atoms with Crippen molar-refractivity contribution in [1.82, 2.24) is 0 Å². The second-order valence-electron chi connectivity index (χ2n) is 4.78. The zero-order valence-electron chi connectivity index (χ0n) is 11.3. The van der Waals surface area contributed by atoms with Gasteiger partial charge in [0.2, 0.25) is 0 Å². The highest BCUT2D eigenvalue weighted by atomic mass is 19.1. The number of aryl methyl sites for hydroxylation is 2. The number of hydrogen-bond donors (Lipinski definition) is 3. The maximum Gasteiger partial charge on any atom is 0.250 e. The number of nitrogens with two attached hydrogens (primary N) is 2. The van der Waals surface area contributed by atoms with Crippen molar-refractivity contribution in [1.29, 1.82) is 0 Å². The molecular formula is C15H16FN3O. The Kier molecular flexibility index (Phi) is 3.61. The number of amides is 1. The fraction of sp³-hybridized carbons (Fsp3) is 0.133. The van der Waals surface area contributed by atoms with Crippen LogP contribution in [0.15, 0.2) is 30.3 Å². The van der Waals surface area contributed by atoms with Crippen LogP contribution in [0.25, 0.3) is 0 Å². The summed E-state index contributed by atoms with van der Waals surface area (Å²) in [4.78, 5) is 11.2. The van der Waals surface area contributed by atoms with Crippen LogP contribution >= 0.6 is 0 Å². The summed E-state index contributed by atoms with van der Waals surface area (Å²) in [5.41, 5.74) is 13.9. The van der Waals surface area contributed by atoms with Crippen LogP contribution in [0.3, 0.4) is 0 Å². The molecule has 0 heterocycles. The molecule has 1 amide bonds. The largest absolute Gasteiger partial charge is 0.398 e. The number of nitrogens with one attached hydrogen (secondary N) is 1. The van der Waals surface area contributed by atoms with Gasteiger partial charge >= 0.3 is 0 Å². The van der Waals surface area contributed by atoms with E-state index in [1.807, 2.05) is 32.0 Å². The van der Waals surface area contributed by atoms with E-state index in [0.717, 1.165) is 22.9 Å². The first-order valence-corrected chi connectivity index (χ1v) is 6.11. The first-order valence-electron chi connectivity index (χ1n) is 6.11. The molecule has 0 radical (unpaired) electrons. The molecule has 0 unspecified atom stereocenters. The van der Waals surface area contributed by atoms with Crippen molar-refractivity contribution in [2.75, 3.05) is 11.1 Å². The van der Waals surface area contributed by atoms with Gasteiger partial charge in [0.1, 0.15) is 5.82 Å². The molecule has 0 aliphatic rings. The number of primary amides is 1. The summed E-state index contributed by atoms with van der Waals surface area (Å²) in [6.07, 6.45) is 0. The van der Waals surface area contributed by atoms with E-state index in [0.29, 0.717) is 0 Å². The second kappa shape index (κ2) is 5.21. The highest BCUT2D eigenvalue weighted by molar-refractivity contribution is 5.99. The van der Waals surface area contributed by atoms with Crippen molar-refractivity contribution in [3.63, 3.8) is 0 Å². The van der Waals surface area contributed by atoms with Crippen molar-refractivity contribution in [2.24, 2.45) is 5.73 Å². The first-order chi connectivity index (χ1) is 9.36. The Hall–Kier alpha value is -2.56. The average Bonchev–Trinajstić information content (AvgIpc) is 2.30. The molecule has 2 aromatic carbocycles. The molecule has 0 saturated carbocycles. The van der Waals surface area contributed by atoms with Crippen LogP contribution in [-0.4, -0.2) is 5.91 Å². The fourth-order valence-electron chi connectivity index (χ4n) is 2.10. The first kappa shape index (κ1) is 13.9. The predicted molar refractivity (Wildman–Crippen MR) is 78.5 cm³/mol. The summed E-state index contributed by atoms with van der Waals surface area (Å²) in [7, 11) is 0. The quantitative estimate of drug-likeness (QED) is 0.752. The molecule has 0 saturated heterocycles. The lowest BCUT2D eigenvalue weighted by Crippen LogP contribution is -2.14. The van der Waals surface area contributed by atoms with E-state index >= 15 is 0 Å². The standard InChI is InChI=1S/C15H16FN3O/c1-8-3-9(2)5-10(4-8)19-14-6-11(15(18)20)13(17)7-12(14)16/h3-7,19H,17H2,1-2H3,(H2,18,20). The Labute approximate surface area is 116 Å². The number of carbonyl (C=O) groups excluding carboxylic acids is 1. The van der Waals surface area contributed by atoms with Gasteiger partial charge < -0.3 is 16.8 Å². The van der Waals surface area contributed by atoms with E-state index in [2.05, 4.69) is 5.32 Å². The lowest BCUT2D eigenvalue weighted by Gasteiger charge is -2.12. The van der Waals surface area contributed by atoms with Crippen LogP contribution < -0.4 is 16.8 Å². The summed E-state index contributed by atoms with van der Waals surface area (Å²) in [6.45, 7) is 3.90. The van der Waals surface area contributed by atoms with Crippen molar-refractivity contribution >= 4 is 23.0 Å². The molecular weight excluding hydrogens is 257 g/mol. The van der Waals surface area contributed by atoms with E-state index in [4.69, 9.17) is 11.5 Å². The predicted octanol–water partition coefficient (Wildman–Crippen LogP) is 2.87. The van der Waals surface area contributed by atoms with Gasteiger partial charge in [0, 0.05) is 11.4 Å². The van der Waals surface area contributed by atoms with Gasteiger partial charge in [-0.15, -0.1) is 0 Å². The van der Waals surface area contributed by atoms with E-state index in [9.17, 15) is 9.18 Å². The highest BCUT2D eigenvalue weighted by Gasteiger charge is 2.12. The molecule has 2 rings (SSSR count). The summed E-state index contributed by atoms with van der Waals surface area (Å²) in [5.74, 6) is -1.22. The molecule has 5 heteroatoms. The molecule has 0 aromatic heterocycles. The molecule has 0 fully saturated rings. The third kappa shape index (κ3) is 2.88. The van der Waals surface area contributed by atoms with Gasteiger partial charge in [-0.25, -0.2) is 4.39 Å². The molecule has 104 valence electrons. The molecule has 0 bridgehead atoms. The molecule has 20 heavy (non-hydrogen) atoms. The molecule has 0 atom stereocenters. The Morgan fingerprint density at radius 3 is 2.25 bits per heavy atom. The van der Waals surface area contributed by atoms with Crippen LogP contribution in [0.2, 0.25) is 0 Å². The van der Waals surface area contributed by atoms with Crippen LogP contribution in [0.5, 0.6) is 0 Å². The minimum atomic E-state index is -0.689. The number of halogens is 1. The van der Waals surface area contributed by atoms with Gasteiger partial charge in [-0.1, -0.05) is 6.07 Å². The molecule has 0 aliphatic heterocycles. The van der Waals surface area contributed by atoms with Crippen molar-refractivity contribution in [3.05, 3.63) is 52.8 Å². The third-order valence-electron chi connectivity index (χ3n) is 2.91. The molecule has 0 spiro atoms. The minimum Gasteiger partial charge on any atom is -0.398 e. The molecule has 4 nitrogen and oxygen atoms in total. The third-order valence-corrected chi connectivity index (χ3v) is 2.91. The Morgan fingerprint density at radius 1 is 1.10 bits per heavy atom. The maximum absolute atomic E-state index is 13.9. The van der Waals surface area contributed by atoms with Crippen molar-refractivity contribution in [3.8, 4) is 0 Å². The number of nitrogen functional groups attached to an aromatic ring is 1. The lowest BCUT2D eigenvalue weighted by atomic mass is 10.1. The van der Waals surface area contributed by atoms with Crippen molar-refractivity contribution < 1.29 is 9.18 Å². The van der Waals surface area contributed by atoms with Crippen LogP contribution in [-0.2, 0) is 0 Å². The number of hydrogen-bond acceptors (Lipinski definition) is 3. The topological polar surface area (TPSA) is 81.1 Å². The van der Waals surface area contributed by atoms with Gasteiger partial charge in [-0.3, -0.25) is 4.79 Å². The summed E-state index contributed by atoms with van der Waals surface area (Å²) < 4.78 is 13.9. The monoisotopic (exact) mass is 273 g/mol. The van der Waals surface area contributed by atoms with Gasteiger partial charge in [-0.2, -0.15) is 0 Å². The van der Waals surface area contributed by atoms with Gasteiger partial charge in [0.15, 0.2) is 0 Å². The zero-order chi connectivity index (χ0) is 14.9. The fourth-order valence-corrected chi connectivity index (χ4v) is 2.10. The smallest absolute Gasteiger partial charge is 0.250 e. The SMILES string of the molecule is Cc1cc(C)cc(Nc2cc(C(N)=O)c(N)cc2F)c1. The summed E-state index contributed by atoms with van der Waals surface area (Å²) in [6, 6.07) is 8.19. The van der Waals surface area contributed by atoms with Crippen LogP contribution in [0.1, 0.15) is 21.5 Å². The number of benzene rings is 2. The number of rotatable bonds is 3. The van der Waals surface area contributed by atoms with Crippen LogP contribution in [0.4, 0.5) is 21.5 Å². The molecule has 5 N–H and O–H groups in total. The van der Waals surface area contributed by atoms with Gasteiger partial charge in [-0.05, 0) is 49.2 Å². The van der Waals surface area contributed by atoms with Gasteiger partial charge in [0.25, 0.3) is 5.91 Å². The Bertz CT molecular complexity index is 663. The van der Waals surface area contributed by atoms with E-state index in [1.165, 1.54) is 6.07 Å². The van der Waals surface area contributed by atoms with Gasteiger partial charge in [0.05, 0.1) is 11.3 Å². The normalized spacial score (nSPS) is 10.3.